The molecule has 3 aromatic carbocycles. The Bertz CT molecular complexity index is 1310. The van der Waals surface area contributed by atoms with Gasteiger partial charge in [-0.15, -0.1) is 0 Å². The molecule has 32 heavy (non-hydrogen) atoms. The monoisotopic (exact) mass is 487 g/mol. The minimum Gasteiger partial charge on any atom is -0.482 e. The van der Waals surface area contributed by atoms with Crippen LogP contribution < -0.4 is 9.75 Å². The van der Waals surface area contributed by atoms with Crippen LogP contribution in [0, 0.1) is 12.7 Å². The molecule has 162 valence electrons. The number of ether oxygens (including phenoxy) is 1. The molecular formula is C23H16Cl2FN3O2S. The molecule has 0 saturated heterocycles. The highest BCUT2D eigenvalue weighted by Gasteiger charge is 2.20. The Labute approximate surface area is 197 Å². The number of aromatic nitrogens is 1. The number of thiazole rings is 1. The molecular weight excluding hydrogens is 472 g/mol. The van der Waals surface area contributed by atoms with Crippen molar-refractivity contribution in [1.29, 1.82) is 0 Å². The highest BCUT2D eigenvalue weighted by Crippen LogP contribution is 2.31. The fourth-order valence-corrected chi connectivity index (χ4v) is 4.20. The molecule has 1 amide bonds. The number of anilines is 1. The van der Waals surface area contributed by atoms with E-state index in [1.807, 2.05) is 31.2 Å². The van der Waals surface area contributed by atoms with Gasteiger partial charge < -0.3 is 4.74 Å². The van der Waals surface area contributed by atoms with Crippen molar-refractivity contribution in [3.8, 4) is 5.75 Å². The molecule has 1 heterocycles. The Morgan fingerprint density at radius 2 is 1.94 bits per heavy atom. The van der Waals surface area contributed by atoms with Crippen molar-refractivity contribution in [2.75, 3.05) is 11.6 Å². The van der Waals surface area contributed by atoms with Crippen LogP contribution >= 0.6 is 34.5 Å². The molecule has 0 radical (unpaired) electrons. The SMILES string of the molecule is Cc1ccc(/C=N/N(C(=O)COc2ccc(Cl)cc2Cl)c2nc3ccc(F)cc3s2)cc1. The van der Waals surface area contributed by atoms with Crippen LogP contribution in [0.4, 0.5) is 9.52 Å². The standard InChI is InChI=1S/C23H16Cl2FN3O2S/c1-14-2-4-15(5-3-14)12-27-29(23-28-19-8-7-17(26)11-21(19)32-23)22(30)13-31-20-9-6-16(24)10-18(20)25/h2-12H,13H2,1H3/b27-12+. The van der Waals surface area contributed by atoms with E-state index < -0.39 is 5.91 Å². The number of hydrogen-bond acceptors (Lipinski definition) is 5. The van der Waals surface area contributed by atoms with Gasteiger partial charge in [0, 0.05) is 5.02 Å². The second-order valence-electron chi connectivity index (χ2n) is 6.83. The number of benzene rings is 3. The smallest absolute Gasteiger partial charge is 0.287 e. The Morgan fingerprint density at radius 3 is 2.69 bits per heavy atom. The molecule has 0 fully saturated rings. The van der Waals surface area contributed by atoms with Crippen molar-refractivity contribution in [1.82, 2.24) is 4.98 Å². The normalized spacial score (nSPS) is 11.2. The molecule has 1 aromatic heterocycles. The van der Waals surface area contributed by atoms with Crippen LogP contribution in [0.15, 0.2) is 65.8 Å². The first-order chi connectivity index (χ1) is 15.4. The van der Waals surface area contributed by atoms with Gasteiger partial charge in [-0.05, 0) is 48.9 Å². The Hall–Kier alpha value is -3.00. The Kier molecular flexibility index (Phi) is 6.69. The molecule has 0 bridgehead atoms. The minimum atomic E-state index is -0.473. The van der Waals surface area contributed by atoms with Gasteiger partial charge in [0.15, 0.2) is 6.61 Å². The van der Waals surface area contributed by atoms with Crippen LogP contribution in [0.3, 0.4) is 0 Å². The van der Waals surface area contributed by atoms with Gasteiger partial charge in [0.25, 0.3) is 5.91 Å². The molecule has 4 rings (SSSR count). The van der Waals surface area contributed by atoms with Crippen LogP contribution in [0.1, 0.15) is 11.1 Å². The number of hydrogen-bond donors (Lipinski definition) is 0. The Balaban J connectivity index is 1.62. The minimum absolute atomic E-state index is 0.287. The molecule has 0 atom stereocenters. The van der Waals surface area contributed by atoms with Crippen molar-refractivity contribution >= 4 is 62.0 Å². The van der Waals surface area contributed by atoms with Gasteiger partial charge in [-0.1, -0.05) is 64.4 Å². The van der Waals surface area contributed by atoms with E-state index in [2.05, 4.69) is 10.1 Å². The fourth-order valence-electron chi connectivity index (χ4n) is 2.77. The molecule has 0 aliphatic heterocycles. The second-order valence-corrected chi connectivity index (χ2v) is 8.69. The number of nitrogens with zero attached hydrogens (tertiary/aromatic N) is 3. The molecule has 9 heteroatoms. The largest absolute Gasteiger partial charge is 0.482 e. The van der Waals surface area contributed by atoms with Crippen LogP contribution in [-0.2, 0) is 4.79 Å². The summed E-state index contributed by atoms with van der Waals surface area (Å²) in [5, 5.41) is 6.53. The van der Waals surface area contributed by atoms with Gasteiger partial charge in [0.2, 0.25) is 5.13 Å². The average Bonchev–Trinajstić information content (AvgIpc) is 3.17. The van der Waals surface area contributed by atoms with E-state index in [0.717, 1.165) is 27.5 Å². The van der Waals surface area contributed by atoms with E-state index >= 15 is 0 Å². The predicted molar refractivity (Wildman–Crippen MR) is 128 cm³/mol. The second kappa shape index (κ2) is 9.65. The van der Waals surface area contributed by atoms with Crippen LogP contribution in [0.25, 0.3) is 10.2 Å². The molecule has 4 aromatic rings. The lowest BCUT2D eigenvalue weighted by Crippen LogP contribution is -2.30. The molecule has 5 nitrogen and oxygen atoms in total. The highest BCUT2D eigenvalue weighted by atomic mass is 35.5. The number of halogens is 3. The quantitative estimate of drug-likeness (QED) is 0.230. The number of hydrazone groups is 1. The summed E-state index contributed by atoms with van der Waals surface area (Å²) in [6.45, 7) is 1.65. The number of amides is 1. The number of aryl methyl sites for hydroxylation is 1. The molecule has 0 aliphatic carbocycles. The summed E-state index contributed by atoms with van der Waals surface area (Å²) in [4.78, 5) is 17.5. The van der Waals surface area contributed by atoms with Gasteiger partial charge in [0.1, 0.15) is 11.6 Å². The third-order valence-electron chi connectivity index (χ3n) is 4.40. The third-order valence-corrected chi connectivity index (χ3v) is 5.93. The summed E-state index contributed by atoms with van der Waals surface area (Å²) in [6.07, 6.45) is 1.55. The Morgan fingerprint density at radius 1 is 1.16 bits per heavy atom. The predicted octanol–water partition coefficient (Wildman–Crippen LogP) is 6.50. The van der Waals surface area contributed by atoms with Gasteiger partial charge >= 0.3 is 0 Å². The lowest BCUT2D eigenvalue weighted by molar-refractivity contribution is -0.120. The first-order valence-corrected chi connectivity index (χ1v) is 11.0. The van der Waals surface area contributed by atoms with E-state index in [1.54, 1.807) is 24.4 Å². The number of carbonyl (C=O) groups excluding carboxylic acids is 1. The maximum Gasteiger partial charge on any atom is 0.287 e. The zero-order chi connectivity index (χ0) is 22.7. The average molecular weight is 488 g/mol. The zero-order valence-corrected chi connectivity index (χ0v) is 19.1. The van der Waals surface area contributed by atoms with Crippen molar-refractivity contribution in [2.45, 2.75) is 6.92 Å². The summed E-state index contributed by atoms with van der Waals surface area (Å²) in [5.74, 6) is -0.536. The van der Waals surface area contributed by atoms with Gasteiger partial charge in [-0.2, -0.15) is 10.1 Å². The van der Waals surface area contributed by atoms with E-state index in [-0.39, 0.29) is 17.4 Å². The van der Waals surface area contributed by atoms with Crippen LogP contribution in [-0.4, -0.2) is 23.7 Å². The topological polar surface area (TPSA) is 54.8 Å². The third kappa shape index (κ3) is 5.24. The summed E-state index contributed by atoms with van der Waals surface area (Å²) >= 11 is 13.2. The lowest BCUT2D eigenvalue weighted by Gasteiger charge is -2.15. The summed E-state index contributed by atoms with van der Waals surface area (Å²) in [6, 6.07) is 16.6. The summed E-state index contributed by atoms with van der Waals surface area (Å²) in [5.41, 5.74) is 2.48. The molecule has 0 N–H and O–H groups in total. The molecule has 0 saturated carbocycles. The summed E-state index contributed by atoms with van der Waals surface area (Å²) < 4.78 is 19.8. The van der Waals surface area contributed by atoms with Gasteiger partial charge in [-0.25, -0.2) is 9.37 Å². The first kappa shape index (κ1) is 22.2. The van der Waals surface area contributed by atoms with Gasteiger partial charge in [-0.3, -0.25) is 4.79 Å². The maximum absolute atomic E-state index is 13.6. The molecule has 0 aliphatic rings. The maximum atomic E-state index is 13.6. The fraction of sp³-hybridized carbons (Fsp3) is 0.0870. The van der Waals surface area contributed by atoms with Crippen molar-refractivity contribution < 1.29 is 13.9 Å². The number of rotatable bonds is 6. The van der Waals surface area contributed by atoms with Crippen LogP contribution in [0.2, 0.25) is 10.0 Å². The van der Waals surface area contributed by atoms with E-state index in [4.69, 9.17) is 27.9 Å². The number of fused-ring (bicyclic) bond motifs is 1. The summed E-state index contributed by atoms with van der Waals surface area (Å²) in [7, 11) is 0. The highest BCUT2D eigenvalue weighted by molar-refractivity contribution is 7.22. The van der Waals surface area contributed by atoms with Crippen LogP contribution in [0.5, 0.6) is 5.75 Å². The van der Waals surface area contributed by atoms with E-state index in [9.17, 15) is 9.18 Å². The van der Waals surface area contributed by atoms with Crippen molar-refractivity contribution in [3.05, 3.63) is 87.7 Å². The first-order valence-electron chi connectivity index (χ1n) is 9.46. The van der Waals surface area contributed by atoms with Gasteiger partial charge in [0.05, 0.1) is 21.5 Å². The number of carbonyl (C=O) groups is 1. The van der Waals surface area contributed by atoms with Crippen molar-refractivity contribution in [3.63, 3.8) is 0 Å². The zero-order valence-electron chi connectivity index (χ0n) is 16.8. The molecule has 0 unspecified atom stereocenters. The van der Waals surface area contributed by atoms with Crippen molar-refractivity contribution in [2.24, 2.45) is 5.10 Å². The molecule has 0 spiro atoms. The van der Waals surface area contributed by atoms with E-state index in [0.29, 0.717) is 26.1 Å². The lowest BCUT2D eigenvalue weighted by atomic mass is 10.2. The van der Waals surface area contributed by atoms with E-state index in [1.165, 1.54) is 18.2 Å².